The highest BCUT2D eigenvalue weighted by molar-refractivity contribution is 5.27. The smallest absolute Gasteiger partial charge is 0.314 e. The first-order valence-corrected chi connectivity index (χ1v) is 5.56. The summed E-state index contributed by atoms with van der Waals surface area (Å²) in [6.45, 7) is 2.61. The Labute approximate surface area is 98.4 Å². The molecule has 1 aromatic rings. The second kappa shape index (κ2) is 4.66. The van der Waals surface area contributed by atoms with Crippen molar-refractivity contribution >= 4 is 0 Å². The predicted octanol–water partition coefficient (Wildman–Crippen LogP) is 2.28. The van der Waals surface area contributed by atoms with Crippen LogP contribution in [0.5, 0.6) is 0 Å². The Hall–Kier alpha value is -1.07. The van der Waals surface area contributed by atoms with E-state index in [2.05, 4.69) is 10.2 Å². The number of hydrogen-bond donors (Lipinski definition) is 1. The molecule has 0 bridgehead atoms. The lowest BCUT2D eigenvalue weighted by atomic mass is 10.0. The molecule has 1 aliphatic rings. The van der Waals surface area contributed by atoms with Crippen LogP contribution >= 0.6 is 0 Å². The van der Waals surface area contributed by atoms with Crippen LogP contribution in [0, 0.1) is 0 Å². The second-order valence-electron chi connectivity index (χ2n) is 4.32. The van der Waals surface area contributed by atoms with Crippen LogP contribution in [0.15, 0.2) is 24.3 Å². The van der Waals surface area contributed by atoms with Crippen LogP contribution in [-0.2, 0) is 6.18 Å². The van der Waals surface area contributed by atoms with E-state index in [1.54, 1.807) is 12.1 Å². The Morgan fingerprint density at radius 2 is 1.88 bits per heavy atom. The van der Waals surface area contributed by atoms with Gasteiger partial charge in [-0.3, -0.25) is 4.90 Å². The zero-order valence-corrected chi connectivity index (χ0v) is 9.59. The first-order chi connectivity index (χ1) is 7.98. The molecule has 2 nitrogen and oxygen atoms in total. The fraction of sp³-hybridized carbons (Fsp3) is 0.500. The first kappa shape index (κ1) is 12.4. The maximum Gasteiger partial charge on any atom is 0.416 e. The molecule has 1 N–H and O–H groups in total. The van der Waals surface area contributed by atoms with Crippen molar-refractivity contribution in [1.82, 2.24) is 10.2 Å². The summed E-state index contributed by atoms with van der Waals surface area (Å²) in [5.74, 6) is 0. The van der Waals surface area contributed by atoms with E-state index in [9.17, 15) is 13.2 Å². The number of piperazine rings is 1. The molecule has 0 aromatic heterocycles. The van der Waals surface area contributed by atoms with Crippen molar-refractivity contribution in [3.05, 3.63) is 35.4 Å². The van der Waals surface area contributed by atoms with Gasteiger partial charge in [0, 0.05) is 25.7 Å². The molecule has 1 heterocycles. The van der Waals surface area contributed by atoms with Crippen LogP contribution in [0.25, 0.3) is 0 Å². The minimum Gasteiger partial charge on any atom is -0.314 e. The predicted molar refractivity (Wildman–Crippen MR) is 59.7 cm³/mol. The van der Waals surface area contributed by atoms with Crippen LogP contribution in [-0.4, -0.2) is 31.6 Å². The third-order valence-electron chi connectivity index (χ3n) is 3.13. The first-order valence-electron chi connectivity index (χ1n) is 5.56. The highest BCUT2D eigenvalue weighted by atomic mass is 19.4. The lowest BCUT2D eigenvalue weighted by Crippen LogP contribution is -2.43. The van der Waals surface area contributed by atoms with Crippen molar-refractivity contribution < 1.29 is 13.2 Å². The van der Waals surface area contributed by atoms with E-state index in [-0.39, 0.29) is 6.04 Å². The number of rotatable bonds is 1. The summed E-state index contributed by atoms with van der Waals surface area (Å²) >= 11 is 0. The molecule has 1 aliphatic heterocycles. The zero-order valence-electron chi connectivity index (χ0n) is 9.59. The van der Waals surface area contributed by atoms with Gasteiger partial charge in [0.2, 0.25) is 0 Å². The molecular weight excluding hydrogens is 229 g/mol. The highest BCUT2D eigenvalue weighted by Gasteiger charge is 2.30. The van der Waals surface area contributed by atoms with Crippen molar-refractivity contribution in [2.75, 3.05) is 26.7 Å². The maximum absolute atomic E-state index is 12.4. The summed E-state index contributed by atoms with van der Waals surface area (Å²) < 4.78 is 37.2. The van der Waals surface area contributed by atoms with Gasteiger partial charge in [-0.15, -0.1) is 0 Å². The summed E-state index contributed by atoms with van der Waals surface area (Å²) in [5.41, 5.74) is 0.334. The molecule has 1 unspecified atom stereocenters. The van der Waals surface area contributed by atoms with E-state index in [0.29, 0.717) is 0 Å². The third-order valence-corrected chi connectivity index (χ3v) is 3.13. The number of benzene rings is 1. The van der Waals surface area contributed by atoms with Gasteiger partial charge in [-0.25, -0.2) is 0 Å². The monoisotopic (exact) mass is 244 g/mol. The molecule has 0 radical (unpaired) electrons. The van der Waals surface area contributed by atoms with Crippen LogP contribution in [0.4, 0.5) is 13.2 Å². The van der Waals surface area contributed by atoms with E-state index >= 15 is 0 Å². The molecule has 1 fully saturated rings. The Kier molecular flexibility index (Phi) is 3.40. The van der Waals surface area contributed by atoms with Gasteiger partial charge in [0.15, 0.2) is 0 Å². The van der Waals surface area contributed by atoms with Crippen molar-refractivity contribution in [2.24, 2.45) is 0 Å². The number of nitrogens with one attached hydrogen (secondary N) is 1. The van der Waals surface area contributed by atoms with Crippen molar-refractivity contribution in [2.45, 2.75) is 12.2 Å². The van der Waals surface area contributed by atoms with E-state index in [1.807, 2.05) is 7.05 Å². The number of alkyl halides is 3. The molecule has 0 saturated carbocycles. The van der Waals surface area contributed by atoms with Crippen LogP contribution in [0.2, 0.25) is 0 Å². The summed E-state index contributed by atoms with van der Waals surface area (Å²) in [5, 5.41) is 3.24. The fourth-order valence-corrected chi connectivity index (χ4v) is 2.07. The second-order valence-corrected chi connectivity index (χ2v) is 4.32. The number of nitrogens with zero attached hydrogens (tertiary/aromatic N) is 1. The van der Waals surface area contributed by atoms with E-state index in [0.717, 1.165) is 37.3 Å². The van der Waals surface area contributed by atoms with Crippen LogP contribution < -0.4 is 5.32 Å². The minimum atomic E-state index is -4.25. The van der Waals surface area contributed by atoms with Gasteiger partial charge < -0.3 is 5.32 Å². The zero-order chi connectivity index (χ0) is 12.5. The van der Waals surface area contributed by atoms with E-state index in [1.165, 1.54) is 0 Å². The summed E-state index contributed by atoms with van der Waals surface area (Å²) in [7, 11) is 1.99. The Bertz CT molecular complexity index is 372. The number of likely N-dealkylation sites (N-methyl/N-ethyl adjacent to an activating group) is 1. The fourth-order valence-electron chi connectivity index (χ4n) is 2.07. The van der Waals surface area contributed by atoms with Gasteiger partial charge in [0.1, 0.15) is 0 Å². The van der Waals surface area contributed by atoms with E-state index in [4.69, 9.17) is 0 Å². The SMILES string of the molecule is CN1CCNCC1c1ccc(C(F)(F)F)cc1. The molecule has 1 saturated heterocycles. The van der Waals surface area contributed by atoms with Gasteiger partial charge in [-0.05, 0) is 24.7 Å². The molecule has 0 spiro atoms. The lowest BCUT2D eigenvalue weighted by molar-refractivity contribution is -0.137. The third kappa shape index (κ3) is 2.79. The van der Waals surface area contributed by atoms with Crippen molar-refractivity contribution in [1.29, 1.82) is 0 Å². The molecule has 2 rings (SSSR count). The standard InChI is InChI=1S/C12H15F3N2/c1-17-7-6-16-8-11(17)9-2-4-10(5-3-9)12(13,14)15/h2-5,11,16H,6-8H2,1H3. The van der Waals surface area contributed by atoms with Gasteiger partial charge in [0.05, 0.1) is 5.56 Å². The molecular formula is C12H15F3N2. The molecule has 1 atom stereocenters. The lowest BCUT2D eigenvalue weighted by Gasteiger charge is -2.33. The normalized spacial score (nSPS) is 22.7. The van der Waals surface area contributed by atoms with Crippen molar-refractivity contribution in [3.63, 3.8) is 0 Å². The Morgan fingerprint density at radius 1 is 1.24 bits per heavy atom. The minimum absolute atomic E-state index is 0.158. The molecule has 0 aliphatic carbocycles. The van der Waals surface area contributed by atoms with E-state index < -0.39 is 11.7 Å². The molecule has 94 valence electrons. The highest BCUT2D eigenvalue weighted by Crippen LogP contribution is 2.30. The molecule has 17 heavy (non-hydrogen) atoms. The average molecular weight is 244 g/mol. The molecule has 5 heteroatoms. The van der Waals surface area contributed by atoms with Crippen LogP contribution in [0.1, 0.15) is 17.2 Å². The number of hydrogen-bond acceptors (Lipinski definition) is 2. The van der Waals surface area contributed by atoms with Gasteiger partial charge in [-0.1, -0.05) is 12.1 Å². The quantitative estimate of drug-likeness (QED) is 0.815. The average Bonchev–Trinajstić information content (AvgIpc) is 2.29. The largest absolute Gasteiger partial charge is 0.416 e. The molecule has 0 amide bonds. The van der Waals surface area contributed by atoms with Crippen LogP contribution in [0.3, 0.4) is 0 Å². The summed E-state index contributed by atoms with van der Waals surface area (Å²) in [4.78, 5) is 2.15. The Balaban J connectivity index is 2.17. The summed E-state index contributed by atoms with van der Waals surface area (Å²) in [6.07, 6.45) is -4.25. The van der Waals surface area contributed by atoms with Gasteiger partial charge in [0.25, 0.3) is 0 Å². The van der Waals surface area contributed by atoms with Gasteiger partial charge in [-0.2, -0.15) is 13.2 Å². The van der Waals surface area contributed by atoms with Gasteiger partial charge >= 0.3 is 6.18 Å². The summed E-state index contributed by atoms with van der Waals surface area (Å²) in [6, 6.07) is 5.59. The molecule has 1 aromatic carbocycles. The maximum atomic E-state index is 12.4. The Morgan fingerprint density at radius 3 is 2.41 bits per heavy atom. The number of halogens is 3. The topological polar surface area (TPSA) is 15.3 Å². The van der Waals surface area contributed by atoms with Crippen molar-refractivity contribution in [3.8, 4) is 0 Å².